The van der Waals surface area contributed by atoms with Crippen molar-refractivity contribution in [3.05, 3.63) is 24.2 Å². The lowest BCUT2D eigenvalue weighted by atomic mass is 9.85. The van der Waals surface area contributed by atoms with Crippen LogP contribution >= 0.6 is 0 Å². The van der Waals surface area contributed by atoms with Crippen molar-refractivity contribution in [2.24, 2.45) is 5.73 Å². The van der Waals surface area contributed by atoms with Crippen LogP contribution in [0, 0.1) is 0 Å². The minimum Gasteiger partial charge on any atom is -0.394 e. The van der Waals surface area contributed by atoms with E-state index >= 15 is 0 Å². The van der Waals surface area contributed by atoms with E-state index in [1.165, 1.54) is 18.0 Å². The van der Waals surface area contributed by atoms with Crippen molar-refractivity contribution in [2.45, 2.75) is 30.5 Å². The smallest absolute Gasteiger partial charge is 0.233 e. The molecule has 22 heavy (non-hydrogen) atoms. The Balaban J connectivity index is 2.24. The van der Waals surface area contributed by atoms with E-state index in [1.54, 1.807) is 19.1 Å². The molecule has 3 heterocycles. The SMILES string of the molecule is CO[C@]1(c2ccc3c(N)ncnn23)O[C@H](CO)[C@@H](O)[C@@]1(C)N. The first-order chi connectivity index (χ1) is 10.4. The highest BCUT2D eigenvalue weighted by Gasteiger charge is 2.64. The van der Waals surface area contributed by atoms with Gasteiger partial charge in [0.25, 0.3) is 0 Å². The molecule has 2 aromatic rings. The largest absolute Gasteiger partial charge is 0.394 e. The summed E-state index contributed by atoms with van der Waals surface area (Å²) in [5.41, 5.74) is 11.8. The van der Waals surface area contributed by atoms with Crippen LogP contribution in [0.1, 0.15) is 12.6 Å². The minimum absolute atomic E-state index is 0.295. The van der Waals surface area contributed by atoms with Crippen molar-refractivity contribution in [1.82, 2.24) is 14.6 Å². The zero-order valence-corrected chi connectivity index (χ0v) is 12.3. The number of anilines is 1. The van der Waals surface area contributed by atoms with Crippen LogP contribution < -0.4 is 11.5 Å². The fourth-order valence-corrected chi connectivity index (χ4v) is 3.03. The molecule has 0 radical (unpaired) electrons. The Kier molecular flexibility index (Phi) is 3.34. The predicted octanol–water partition coefficient (Wildman–Crippen LogP) is -1.42. The zero-order valence-electron chi connectivity index (χ0n) is 12.3. The van der Waals surface area contributed by atoms with Crippen LogP contribution in [-0.2, 0) is 15.3 Å². The van der Waals surface area contributed by atoms with Crippen molar-refractivity contribution < 1.29 is 19.7 Å². The number of hydrogen-bond donors (Lipinski definition) is 4. The van der Waals surface area contributed by atoms with Gasteiger partial charge in [0.05, 0.1) is 6.61 Å². The van der Waals surface area contributed by atoms with Crippen molar-refractivity contribution in [3.8, 4) is 0 Å². The maximum atomic E-state index is 10.4. The van der Waals surface area contributed by atoms with Gasteiger partial charge in [-0.05, 0) is 19.1 Å². The minimum atomic E-state index is -1.49. The number of hydrogen-bond acceptors (Lipinski definition) is 8. The van der Waals surface area contributed by atoms with Crippen LogP contribution in [0.15, 0.2) is 18.5 Å². The van der Waals surface area contributed by atoms with E-state index in [4.69, 9.17) is 20.9 Å². The molecule has 9 heteroatoms. The van der Waals surface area contributed by atoms with Crippen LogP contribution in [0.4, 0.5) is 5.82 Å². The Morgan fingerprint density at radius 3 is 2.82 bits per heavy atom. The molecule has 0 amide bonds. The molecule has 1 fully saturated rings. The fourth-order valence-electron chi connectivity index (χ4n) is 3.03. The van der Waals surface area contributed by atoms with Gasteiger partial charge in [-0.3, -0.25) is 0 Å². The number of aromatic nitrogens is 3. The number of ether oxygens (including phenoxy) is 2. The van der Waals surface area contributed by atoms with Crippen LogP contribution in [0.3, 0.4) is 0 Å². The molecule has 0 spiro atoms. The molecule has 9 nitrogen and oxygen atoms in total. The van der Waals surface area contributed by atoms with Gasteiger partial charge in [-0.1, -0.05) is 0 Å². The number of aliphatic hydroxyl groups is 2. The third-order valence-electron chi connectivity index (χ3n) is 4.28. The standard InChI is InChI=1S/C13H19N5O4/c1-12(15)10(20)8(5-19)22-13(12,21-2)9-4-3-7-11(14)16-6-17-18(7)9/h3-4,6,8,10,19-20H,5,15H2,1-2H3,(H2,14,16,17)/t8-,10-,12-,13-/m1/s1. The van der Waals surface area contributed by atoms with Gasteiger partial charge in [-0.15, -0.1) is 0 Å². The number of aliphatic hydroxyl groups excluding tert-OH is 2. The molecule has 0 bridgehead atoms. The van der Waals surface area contributed by atoms with E-state index in [0.717, 1.165) is 0 Å². The van der Waals surface area contributed by atoms with Gasteiger partial charge in [0.1, 0.15) is 35.3 Å². The van der Waals surface area contributed by atoms with Gasteiger partial charge < -0.3 is 31.2 Å². The number of methoxy groups -OCH3 is 1. The Morgan fingerprint density at radius 2 is 2.23 bits per heavy atom. The summed E-state index contributed by atoms with van der Waals surface area (Å²) in [5, 5.41) is 23.9. The fraction of sp³-hybridized carbons (Fsp3) is 0.538. The lowest BCUT2D eigenvalue weighted by Crippen LogP contribution is -2.60. The summed E-state index contributed by atoms with van der Waals surface area (Å²) >= 11 is 0. The highest BCUT2D eigenvalue weighted by Crippen LogP contribution is 2.46. The molecule has 0 aromatic carbocycles. The highest BCUT2D eigenvalue weighted by molar-refractivity contribution is 5.65. The van der Waals surface area contributed by atoms with Gasteiger partial charge in [-0.25, -0.2) is 9.50 Å². The summed E-state index contributed by atoms with van der Waals surface area (Å²) in [6.45, 7) is 1.21. The molecule has 6 N–H and O–H groups in total. The second-order valence-corrected chi connectivity index (χ2v) is 5.55. The molecule has 1 aliphatic heterocycles. The van der Waals surface area contributed by atoms with E-state index in [1.807, 2.05) is 0 Å². The summed E-state index contributed by atoms with van der Waals surface area (Å²) in [4.78, 5) is 3.92. The highest BCUT2D eigenvalue weighted by atomic mass is 16.7. The van der Waals surface area contributed by atoms with Crippen LogP contribution in [0.5, 0.6) is 0 Å². The van der Waals surface area contributed by atoms with Crippen LogP contribution in [-0.4, -0.2) is 56.3 Å². The van der Waals surface area contributed by atoms with E-state index in [2.05, 4.69) is 10.1 Å². The molecule has 120 valence electrons. The summed E-state index contributed by atoms with van der Waals surface area (Å²) in [7, 11) is 1.42. The molecular formula is C13H19N5O4. The molecule has 0 unspecified atom stereocenters. The number of rotatable bonds is 3. The molecule has 1 aliphatic rings. The Hall–Kier alpha value is -1.78. The first kappa shape index (κ1) is 15.1. The average molecular weight is 309 g/mol. The molecule has 2 aromatic heterocycles. The quantitative estimate of drug-likeness (QED) is 0.541. The third-order valence-corrected chi connectivity index (χ3v) is 4.28. The van der Waals surface area contributed by atoms with Crippen molar-refractivity contribution in [1.29, 1.82) is 0 Å². The van der Waals surface area contributed by atoms with Gasteiger partial charge >= 0.3 is 0 Å². The Labute approximate surface area is 126 Å². The number of nitrogens with zero attached hydrogens (tertiary/aromatic N) is 3. The van der Waals surface area contributed by atoms with E-state index in [9.17, 15) is 10.2 Å². The Morgan fingerprint density at radius 1 is 1.50 bits per heavy atom. The average Bonchev–Trinajstić information content (AvgIpc) is 3.01. The number of fused-ring (bicyclic) bond motifs is 1. The number of nitrogen functional groups attached to an aromatic ring is 1. The van der Waals surface area contributed by atoms with Gasteiger partial charge in [0, 0.05) is 7.11 Å². The predicted molar refractivity (Wildman–Crippen MR) is 76.6 cm³/mol. The lowest BCUT2D eigenvalue weighted by Gasteiger charge is -2.38. The van der Waals surface area contributed by atoms with E-state index < -0.39 is 23.5 Å². The van der Waals surface area contributed by atoms with E-state index in [-0.39, 0.29) is 6.61 Å². The summed E-state index contributed by atoms with van der Waals surface area (Å²) < 4.78 is 12.9. The Bertz CT molecular complexity index is 703. The summed E-state index contributed by atoms with van der Waals surface area (Å²) in [6, 6.07) is 3.41. The maximum Gasteiger partial charge on any atom is 0.233 e. The number of nitrogens with two attached hydrogens (primary N) is 2. The summed E-state index contributed by atoms with van der Waals surface area (Å²) in [6.07, 6.45) is -0.695. The van der Waals surface area contributed by atoms with Crippen LogP contribution in [0.25, 0.3) is 5.52 Å². The second kappa shape index (κ2) is 4.86. The monoisotopic (exact) mass is 309 g/mol. The van der Waals surface area contributed by atoms with E-state index in [0.29, 0.717) is 17.0 Å². The first-order valence-corrected chi connectivity index (χ1v) is 6.78. The molecule has 4 atom stereocenters. The molecule has 0 saturated carbocycles. The van der Waals surface area contributed by atoms with Gasteiger partial charge in [0.15, 0.2) is 5.82 Å². The van der Waals surface area contributed by atoms with Gasteiger partial charge in [0.2, 0.25) is 5.79 Å². The summed E-state index contributed by atoms with van der Waals surface area (Å²) in [5.74, 6) is -1.20. The normalized spacial score (nSPS) is 35.3. The lowest BCUT2D eigenvalue weighted by molar-refractivity contribution is -0.249. The molecule has 3 rings (SSSR count). The third kappa shape index (κ3) is 1.71. The van der Waals surface area contributed by atoms with Crippen molar-refractivity contribution in [3.63, 3.8) is 0 Å². The zero-order chi connectivity index (χ0) is 16.1. The molecule has 0 aliphatic carbocycles. The second-order valence-electron chi connectivity index (χ2n) is 5.55. The molecule has 1 saturated heterocycles. The van der Waals surface area contributed by atoms with Crippen molar-refractivity contribution in [2.75, 3.05) is 19.5 Å². The first-order valence-electron chi connectivity index (χ1n) is 6.78. The molecular weight excluding hydrogens is 290 g/mol. The van der Waals surface area contributed by atoms with Gasteiger partial charge in [-0.2, -0.15) is 5.10 Å². The topological polar surface area (TPSA) is 141 Å². The van der Waals surface area contributed by atoms with Crippen molar-refractivity contribution >= 4 is 11.3 Å². The maximum absolute atomic E-state index is 10.4. The van der Waals surface area contributed by atoms with Crippen LogP contribution in [0.2, 0.25) is 0 Å².